The van der Waals surface area contributed by atoms with Crippen molar-refractivity contribution in [3.8, 4) is 0 Å². The third-order valence-corrected chi connectivity index (χ3v) is 2.60. The van der Waals surface area contributed by atoms with Crippen LogP contribution in [-0.4, -0.2) is 23.9 Å². The first-order chi connectivity index (χ1) is 8.88. The Bertz CT molecular complexity index is 448. The molecule has 0 fully saturated rings. The molecule has 0 bridgehead atoms. The highest BCUT2D eigenvalue weighted by Crippen LogP contribution is 2.05. The number of amides is 2. The molecular formula is C13H18FN3O2. The number of halogens is 1. The van der Waals surface area contributed by atoms with Gasteiger partial charge in [0.25, 0.3) is 0 Å². The summed E-state index contributed by atoms with van der Waals surface area (Å²) in [4.78, 5) is 22.3. The summed E-state index contributed by atoms with van der Waals surface area (Å²) in [5.41, 5.74) is 11.4. The first-order valence-electron chi connectivity index (χ1n) is 5.97. The molecule has 0 aliphatic heterocycles. The minimum absolute atomic E-state index is 0.170. The molecule has 104 valence electrons. The Morgan fingerprint density at radius 3 is 2.42 bits per heavy atom. The highest BCUT2D eigenvalue weighted by Gasteiger charge is 2.17. The third kappa shape index (κ3) is 5.48. The molecule has 2 atom stereocenters. The molecule has 0 aromatic heterocycles. The van der Waals surface area contributed by atoms with Crippen molar-refractivity contribution in [1.29, 1.82) is 0 Å². The molecule has 5 N–H and O–H groups in total. The van der Waals surface area contributed by atoms with Gasteiger partial charge in [0.05, 0.1) is 12.5 Å². The van der Waals surface area contributed by atoms with Crippen LogP contribution in [0.3, 0.4) is 0 Å². The topological polar surface area (TPSA) is 98.2 Å². The van der Waals surface area contributed by atoms with Gasteiger partial charge in [-0.05, 0) is 31.0 Å². The number of primary amides is 1. The predicted octanol–water partition coefficient (Wildman–Crippen LogP) is 0.0756. The smallest absolute Gasteiger partial charge is 0.237 e. The highest BCUT2D eigenvalue weighted by molar-refractivity contribution is 5.87. The first-order valence-corrected chi connectivity index (χ1v) is 5.97. The monoisotopic (exact) mass is 267 g/mol. The van der Waals surface area contributed by atoms with Crippen molar-refractivity contribution in [3.63, 3.8) is 0 Å². The largest absolute Gasteiger partial charge is 0.370 e. The van der Waals surface area contributed by atoms with Gasteiger partial charge in [-0.2, -0.15) is 0 Å². The number of carbonyl (C=O) groups excluding carboxylic acids is 2. The SMILES string of the molecule is CC(Cc1ccc(F)cc1)NC(=O)C(N)CC(N)=O. The van der Waals surface area contributed by atoms with Crippen LogP contribution in [0.2, 0.25) is 0 Å². The standard InChI is InChI=1S/C13H18FN3O2/c1-8(6-9-2-4-10(14)5-3-9)17-13(19)11(15)7-12(16)18/h2-5,8,11H,6-7,15H2,1H3,(H2,16,18)(H,17,19). The van der Waals surface area contributed by atoms with Crippen LogP contribution in [0, 0.1) is 5.82 Å². The fourth-order valence-corrected chi connectivity index (χ4v) is 1.68. The number of benzene rings is 1. The molecular weight excluding hydrogens is 249 g/mol. The number of nitrogens with one attached hydrogen (secondary N) is 1. The Morgan fingerprint density at radius 2 is 1.89 bits per heavy atom. The maximum Gasteiger partial charge on any atom is 0.237 e. The minimum Gasteiger partial charge on any atom is -0.370 e. The van der Waals surface area contributed by atoms with E-state index in [1.54, 1.807) is 19.1 Å². The average Bonchev–Trinajstić information content (AvgIpc) is 2.31. The molecule has 5 nitrogen and oxygen atoms in total. The van der Waals surface area contributed by atoms with Crippen LogP contribution in [0.15, 0.2) is 24.3 Å². The molecule has 1 aromatic rings. The van der Waals surface area contributed by atoms with Crippen LogP contribution in [0.4, 0.5) is 4.39 Å². The van der Waals surface area contributed by atoms with Gasteiger partial charge in [-0.25, -0.2) is 4.39 Å². The van der Waals surface area contributed by atoms with E-state index >= 15 is 0 Å². The molecule has 0 spiro atoms. The van der Waals surface area contributed by atoms with Crippen LogP contribution in [0.25, 0.3) is 0 Å². The lowest BCUT2D eigenvalue weighted by Gasteiger charge is -2.17. The van der Waals surface area contributed by atoms with Gasteiger partial charge < -0.3 is 16.8 Å². The van der Waals surface area contributed by atoms with Crippen molar-refractivity contribution in [2.45, 2.75) is 31.8 Å². The number of hydrogen-bond donors (Lipinski definition) is 3. The van der Waals surface area contributed by atoms with E-state index in [-0.39, 0.29) is 18.3 Å². The van der Waals surface area contributed by atoms with Crippen molar-refractivity contribution in [3.05, 3.63) is 35.6 Å². The Kier molecular flexibility index (Phi) is 5.44. The maximum atomic E-state index is 12.7. The molecule has 6 heteroatoms. The molecule has 0 radical (unpaired) electrons. The van der Waals surface area contributed by atoms with E-state index < -0.39 is 17.9 Å². The minimum atomic E-state index is -0.937. The first kappa shape index (κ1) is 15.1. The highest BCUT2D eigenvalue weighted by atomic mass is 19.1. The second kappa shape index (κ2) is 6.84. The predicted molar refractivity (Wildman–Crippen MR) is 69.5 cm³/mol. The van der Waals surface area contributed by atoms with E-state index in [0.29, 0.717) is 6.42 Å². The molecule has 0 aliphatic carbocycles. The van der Waals surface area contributed by atoms with Gasteiger partial charge in [0, 0.05) is 6.04 Å². The van der Waals surface area contributed by atoms with Gasteiger partial charge in [-0.15, -0.1) is 0 Å². The number of nitrogens with two attached hydrogens (primary N) is 2. The Balaban J connectivity index is 2.46. The van der Waals surface area contributed by atoms with Crippen molar-refractivity contribution in [2.75, 3.05) is 0 Å². The average molecular weight is 267 g/mol. The normalized spacial score (nSPS) is 13.6. The van der Waals surface area contributed by atoms with Crippen LogP contribution in [-0.2, 0) is 16.0 Å². The van der Waals surface area contributed by atoms with Crippen LogP contribution in [0.5, 0.6) is 0 Å². The van der Waals surface area contributed by atoms with Gasteiger partial charge in [-0.3, -0.25) is 9.59 Å². The molecule has 0 heterocycles. The summed E-state index contributed by atoms with van der Waals surface area (Å²) in [6, 6.07) is 4.93. The quantitative estimate of drug-likeness (QED) is 0.680. The second-order valence-electron chi connectivity index (χ2n) is 4.52. The summed E-state index contributed by atoms with van der Waals surface area (Å²) in [5.74, 6) is -1.34. The zero-order chi connectivity index (χ0) is 14.4. The van der Waals surface area contributed by atoms with Crippen molar-refractivity contribution in [1.82, 2.24) is 5.32 Å². The number of rotatable bonds is 6. The Morgan fingerprint density at radius 1 is 1.32 bits per heavy atom. The van der Waals surface area contributed by atoms with Gasteiger partial charge in [0.1, 0.15) is 5.82 Å². The lowest BCUT2D eigenvalue weighted by Crippen LogP contribution is -2.46. The lowest BCUT2D eigenvalue weighted by molar-refractivity contribution is -0.126. The summed E-state index contributed by atoms with van der Waals surface area (Å²) in [6.45, 7) is 1.80. The number of hydrogen-bond acceptors (Lipinski definition) is 3. The summed E-state index contributed by atoms with van der Waals surface area (Å²) in [5, 5.41) is 2.68. The Labute approximate surface area is 111 Å². The van der Waals surface area contributed by atoms with Gasteiger partial charge >= 0.3 is 0 Å². The van der Waals surface area contributed by atoms with Crippen LogP contribution < -0.4 is 16.8 Å². The molecule has 1 aromatic carbocycles. The fourth-order valence-electron chi connectivity index (χ4n) is 1.68. The van der Waals surface area contributed by atoms with E-state index in [9.17, 15) is 14.0 Å². The molecule has 0 saturated heterocycles. The van der Waals surface area contributed by atoms with Crippen LogP contribution in [0.1, 0.15) is 18.9 Å². The van der Waals surface area contributed by atoms with E-state index in [1.165, 1.54) is 12.1 Å². The summed E-state index contributed by atoms with van der Waals surface area (Å²) < 4.78 is 12.7. The zero-order valence-corrected chi connectivity index (χ0v) is 10.7. The van der Waals surface area contributed by atoms with Gasteiger partial charge in [0.15, 0.2) is 0 Å². The molecule has 19 heavy (non-hydrogen) atoms. The van der Waals surface area contributed by atoms with Crippen LogP contribution >= 0.6 is 0 Å². The number of carbonyl (C=O) groups is 2. The maximum absolute atomic E-state index is 12.7. The van der Waals surface area contributed by atoms with Crippen molar-refractivity contribution < 1.29 is 14.0 Å². The van der Waals surface area contributed by atoms with E-state index in [0.717, 1.165) is 5.56 Å². The Hall–Kier alpha value is -1.95. The van der Waals surface area contributed by atoms with E-state index in [4.69, 9.17) is 11.5 Å². The molecule has 0 aliphatic rings. The molecule has 2 unspecified atom stereocenters. The molecule has 2 amide bonds. The lowest BCUT2D eigenvalue weighted by atomic mass is 10.1. The van der Waals surface area contributed by atoms with E-state index in [1.807, 2.05) is 0 Å². The summed E-state index contributed by atoms with van der Waals surface area (Å²) >= 11 is 0. The van der Waals surface area contributed by atoms with Crippen molar-refractivity contribution >= 4 is 11.8 Å². The third-order valence-electron chi connectivity index (χ3n) is 2.60. The fraction of sp³-hybridized carbons (Fsp3) is 0.385. The van der Waals surface area contributed by atoms with E-state index in [2.05, 4.69) is 5.32 Å². The summed E-state index contributed by atoms with van der Waals surface area (Å²) in [6.07, 6.45) is 0.365. The second-order valence-corrected chi connectivity index (χ2v) is 4.52. The van der Waals surface area contributed by atoms with Crippen molar-refractivity contribution in [2.24, 2.45) is 11.5 Å². The van der Waals surface area contributed by atoms with Gasteiger partial charge in [-0.1, -0.05) is 12.1 Å². The summed E-state index contributed by atoms with van der Waals surface area (Å²) in [7, 11) is 0. The molecule has 1 rings (SSSR count). The molecule has 0 saturated carbocycles. The van der Waals surface area contributed by atoms with Gasteiger partial charge in [0.2, 0.25) is 11.8 Å². The zero-order valence-electron chi connectivity index (χ0n) is 10.7.